The van der Waals surface area contributed by atoms with Gasteiger partial charge in [0.05, 0.1) is 6.61 Å². The van der Waals surface area contributed by atoms with E-state index in [4.69, 9.17) is 9.47 Å². The number of carboxylic acids is 1. The molecule has 0 heterocycles. The van der Waals surface area contributed by atoms with Gasteiger partial charge in [0.25, 0.3) is 0 Å². The van der Waals surface area contributed by atoms with Crippen LogP contribution < -0.4 is 5.32 Å². The van der Waals surface area contributed by atoms with Crippen molar-refractivity contribution in [3.63, 3.8) is 0 Å². The number of nitrogens with one attached hydrogen (secondary N) is 1. The fourth-order valence-electron chi connectivity index (χ4n) is 1.69. The van der Waals surface area contributed by atoms with Crippen LogP contribution in [0.25, 0.3) is 0 Å². The molecule has 0 bridgehead atoms. The summed E-state index contributed by atoms with van der Waals surface area (Å²) in [6.45, 7) is 1.61. The Balaban J connectivity index is 2.60. The number of carbonyl (C=O) groups is 2. The molecule has 1 amide bonds. The lowest BCUT2D eigenvalue weighted by Gasteiger charge is -2.27. The normalized spacial score (nSPS) is 13.3. The Morgan fingerprint density at radius 1 is 1.30 bits per heavy atom. The molecule has 0 aliphatic carbocycles. The zero-order valence-corrected chi connectivity index (χ0v) is 11.6. The Bertz CT molecular complexity index is 448. The van der Waals surface area contributed by atoms with Crippen molar-refractivity contribution in [1.82, 2.24) is 5.32 Å². The first-order chi connectivity index (χ1) is 9.54. The largest absolute Gasteiger partial charge is 0.479 e. The summed E-state index contributed by atoms with van der Waals surface area (Å²) >= 11 is 0. The van der Waals surface area contributed by atoms with Crippen molar-refractivity contribution in [2.75, 3.05) is 13.7 Å². The first kappa shape index (κ1) is 16.0. The van der Waals surface area contributed by atoms with Crippen molar-refractivity contribution in [3.8, 4) is 0 Å². The molecule has 0 aliphatic rings. The number of hydrogen-bond donors (Lipinski definition) is 2. The standard InChI is InChI=1S/C14H19NO5/c1-3-14(10-19-2,12(16)17)15-13(18)20-9-11-7-5-4-6-8-11/h4-8H,3,9-10H2,1-2H3,(H,15,18)(H,16,17). The Morgan fingerprint density at radius 2 is 1.95 bits per heavy atom. The van der Waals surface area contributed by atoms with Gasteiger partial charge in [0, 0.05) is 7.11 Å². The predicted molar refractivity (Wildman–Crippen MR) is 72.3 cm³/mol. The molecule has 0 radical (unpaired) electrons. The lowest BCUT2D eigenvalue weighted by atomic mass is 9.98. The first-order valence-electron chi connectivity index (χ1n) is 6.25. The third-order valence-corrected chi connectivity index (χ3v) is 2.96. The number of hydrogen-bond acceptors (Lipinski definition) is 4. The van der Waals surface area contributed by atoms with E-state index in [1.807, 2.05) is 30.3 Å². The van der Waals surface area contributed by atoms with Crippen molar-refractivity contribution in [2.24, 2.45) is 0 Å². The van der Waals surface area contributed by atoms with E-state index in [1.54, 1.807) is 6.92 Å². The topological polar surface area (TPSA) is 84.9 Å². The van der Waals surface area contributed by atoms with Gasteiger partial charge in [0.1, 0.15) is 6.61 Å². The molecule has 0 saturated carbocycles. The fraction of sp³-hybridized carbons (Fsp3) is 0.429. The van der Waals surface area contributed by atoms with Crippen LogP contribution in [0.5, 0.6) is 0 Å². The average molecular weight is 281 g/mol. The number of benzene rings is 1. The van der Waals surface area contributed by atoms with Crippen molar-refractivity contribution in [1.29, 1.82) is 0 Å². The molecule has 0 aromatic heterocycles. The number of aliphatic carboxylic acids is 1. The summed E-state index contributed by atoms with van der Waals surface area (Å²) in [5.74, 6) is -1.15. The third-order valence-electron chi connectivity index (χ3n) is 2.96. The zero-order valence-electron chi connectivity index (χ0n) is 11.6. The number of ether oxygens (including phenoxy) is 2. The maximum absolute atomic E-state index is 11.7. The van der Waals surface area contributed by atoms with Crippen LogP contribution in [0, 0.1) is 0 Å². The van der Waals surface area contributed by atoms with Gasteiger partial charge in [-0.3, -0.25) is 0 Å². The van der Waals surface area contributed by atoms with Gasteiger partial charge in [0.15, 0.2) is 5.54 Å². The second kappa shape index (κ2) is 7.49. The minimum absolute atomic E-state index is 0.0824. The molecule has 0 spiro atoms. The summed E-state index contributed by atoms with van der Waals surface area (Å²) in [7, 11) is 1.38. The summed E-state index contributed by atoms with van der Waals surface area (Å²) in [4.78, 5) is 23.0. The summed E-state index contributed by atoms with van der Waals surface area (Å²) in [5, 5.41) is 11.6. The highest BCUT2D eigenvalue weighted by Gasteiger charge is 2.39. The first-order valence-corrected chi connectivity index (χ1v) is 6.25. The zero-order chi connectivity index (χ0) is 15.0. The van der Waals surface area contributed by atoms with E-state index in [0.29, 0.717) is 0 Å². The van der Waals surface area contributed by atoms with Crippen molar-refractivity contribution >= 4 is 12.1 Å². The third kappa shape index (κ3) is 4.24. The van der Waals surface area contributed by atoms with Crippen LogP contribution >= 0.6 is 0 Å². The fourth-order valence-corrected chi connectivity index (χ4v) is 1.69. The van der Waals surface area contributed by atoms with Gasteiger partial charge in [-0.15, -0.1) is 0 Å². The molecule has 0 aliphatic heterocycles. The molecule has 6 heteroatoms. The van der Waals surface area contributed by atoms with Crippen LogP contribution in [0.4, 0.5) is 4.79 Å². The molecular formula is C14H19NO5. The number of methoxy groups -OCH3 is 1. The van der Waals surface area contributed by atoms with Gasteiger partial charge in [-0.05, 0) is 12.0 Å². The molecule has 0 fully saturated rings. The molecule has 1 aromatic rings. The minimum atomic E-state index is -1.47. The quantitative estimate of drug-likeness (QED) is 0.796. The molecule has 1 atom stereocenters. The van der Waals surface area contributed by atoms with Gasteiger partial charge >= 0.3 is 12.1 Å². The lowest BCUT2D eigenvalue weighted by molar-refractivity contribution is -0.147. The van der Waals surface area contributed by atoms with Gasteiger partial charge < -0.3 is 19.9 Å². The van der Waals surface area contributed by atoms with Crippen LogP contribution in [0.2, 0.25) is 0 Å². The SMILES string of the molecule is CCC(COC)(NC(=O)OCc1ccccc1)C(=O)O. The molecule has 6 nitrogen and oxygen atoms in total. The van der Waals surface area contributed by atoms with Gasteiger partial charge in [-0.25, -0.2) is 9.59 Å². The highest BCUT2D eigenvalue weighted by atomic mass is 16.5. The second-order valence-electron chi connectivity index (χ2n) is 4.36. The van der Waals surface area contributed by atoms with Crippen LogP contribution in [0.3, 0.4) is 0 Å². The number of amides is 1. The summed E-state index contributed by atoms with van der Waals surface area (Å²) < 4.78 is 9.89. The Labute approximate surface area is 117 Å². The number of carbonyl (C=O) groups excluding carboxylic acids is 1. The average Bonchev–Trinajstić information content (AvgIpc) is 2.45. The maximum atomic E-state index is 11.7. The van der Waals surface area contributed by atoms with Crippen molar-refractivity contribution in [3.05, 3.63) is 35.9 Å². The summed E-state index contributed by atoms with van der Waals surface area (Å²) in [6, 6.07) is 9.14. The molecular weight excluding hydrogens is 262 g/mol. The van der Waals surface area contributed by atoms with Crippen LogP contribution in [0.1, 0.15) is 18.9 Å². The van der Waals surface area contributed by atoms with Crippen molar-refractivity contribution < 1.29 is 24.2 Å². The van der Waals surface area contributed by atoms with E-state index >= 15 is 0 Å². The smallest absolute Gasteiger partial charge is 0.408 e. The summed E-state index contributed by atoms with van der Waals surface area (Å²) in [5.41, 5.74) is -0.644. The van der Waals surface area contributed by atoms with E-state index < -0.39 is 17.6 Å². The highest BCUT2D eigenvalue weighted by Crippen LogP contribution is 2.12. The van der Waals surface area contributed by atoms with E-state index in [-0.39, 0.29) is 19.6 Å². The Morgan fingerprint density at radius 3 is 2.45 bits per heavy atom. The Kier molecular flexibility index (Phi) is 5.99. The van der Waals surface area contributed by atoms with E-state index in [9.17, 15) is 14.7 Å². The van der Waals surface area contributed by atoms with Gasteiger partial charge in [0.2, 0.25) is 0 Å². The second-order valence-corrected chi connectivity index (χ2v) is 4.36. The minimum Gasteiger partial charge on any atom is -0.479 e. The number of rotatable bonds is 7. The highest BCUT2D eigenvalue weighted by molar-refractivity contribution is 5.84. The monoisotopic (exact) mass is 281 g/mol. The van der Waals surface area contributed by atoms with Gasteiger partial charge in [-0.2, -0.15) is 0 Å². The molecule has 20 heavy (non-hydrogen) atoms. The molecule has 0 saturated heterocycles. The van der Waals surface area contributed by atoms with Crippen molar-refractivity contribution in [2.45, 2.75) is 25.5 Å². The van der Waals surface area contributed by atoms with Gasteiger partial charge in [-0.1, -0.05) is 37.3 Å². The maximum Gasteiger partial charge on any atom is 0.408 e. The van der Waals surface area contributed by atoms with Crippen LogP contribution in [0.15, 0.2) is 30.3 Å². The van der Waals surface area contributed by atoms with Crippen LogP contribution in [-0.2, 0) is 20.9 Å². The van der Waals surface area contributed by atoms with E-state index in [2.05, 4.69) is 5.32 Å². The predicted octanol–water partition coefficient (Wildman–Crippen LogP) is 1.79. The summed E-state index contributed by atoms with van der Waals surface area (Å²) in [6.07, 6.45) is -0.591. The molecule has 1 aromatic carbocycles. The molecule has 110 valence electrons. The molecule has 2 N–H and O–H groups in total. The number of alkyl carbamates (subject to hydrolysis) is 1. The van der Waals surface area contributed by atoms with E-state index in [1.165, 1.54) is 7.11 Å². The number of carboxylic acid groups (broad SMARTS) is 1. The van der Waals surface area contributed by atoms with E-state index in [0.717, 1.165) is 5.56 Å². The molecule has 1 rings (SSSR count). The lowest BCUT2D eigenvalue weighted by Crippen LogP contribution is -2.57. The molecule has 1 unspecified atom stereocenters. The van der Waals surface area contributed by atoms with Crippen LogP contribution in [-0.4, -0.2) is 36.4 Å². The Hall–Kier alpha value is -2.08.